The van der Waals surface area contributed by atoms with Crippen LogP contribution in [0.2, 0.25) is 19.1 Å². The van der Waals surface area contributed by atoms with Gasteiger partial charge in [0.25, 0.3) is 0 Å². The van der Waals surface area contributed by atoms with Crippen LogP contribution in [0.1, 0.15) is 78.1 Å². The van der Waals surface area contributed by atoms with Gasteiger partial charge in [-0.1, -0.05) is 76.5 Å². The van der Waals surface area contributed by atoms with Gasteiger partial charge in [0.15, 0.2) is 8.32 Å². The van der Waals surface area contributed by atoms with Crippen LogP contribution < -0.4 is 0 Å². The number of hydrogen-bond donors (Lipinski definition) is 1. The van der Waals surface area contributed by atoms with Crippen LogP contribution in [0.25, 0.3) is 0 Å². The van der Waals surface area contributed by atoms with Gasteiger partial charge in [-0.15, -0.1) is 0 Å². The van der Waals surface area contributed by atoms with Crippen LogP contribution in [0, 0.1) is 0 Å². The van der Waals surface area contributed by atoms with Gasteiger partial charge in [-0.2, -0.15) is 0 Å². The van der Waals surface area contributed by atoms with Gasteiger partial charge in [0.05, 0.1) is 0 Å². The molecule has 0 spiro atoms. The normalized spacial score (nSPS) is 13.7. The first-order chi connectivity index (χ1) is 16.5. The van der Waals surface area contributed by atoms with E-state index in [0.717, 1.165) is 51.3 Å². The Bertz CT molecular complexity index is 584. The van der Waals surface area contributed by atoms with Crippen LogP contribution in [0.3, 0.4) is 0 Å². The Morgan fingerprint density at radius 2 is 1.62 bits per heavy atom. The Balaban J connectivity index is 4.57. The maximum Gasteiger partial charge on any atom is 0.190 e. The summed E-state index contributed by atoms with van der Waals surface area (Å²) in [4.78, 5) is 2.14. The minimum atomic E-state index is -1.78. The highest BCUT2D eigenvalue weighted by atomic mass is 28.4. The number of aliphatic hydroxyl groups is 1. The molecule has 5 heteroatoms. The third-order valence-electron chi connectivity index (χ3n) is 5.40. The molecule has 196 valence electrons. The third-order valence-corrected chi connectivity index (χ3v) is 7.79. The molecule has 0 saturated heterocycles. The molecule has 0 heterocycles. The van der Waals surface area contributed by atoms with Crippen molar-refractivity contribution in [1.29, 1.82) is 0 Å². The SMILES string of the molecule is C=CC=CC=CN(C=CC=CCC[Si](C)(C)OC(CCCCCCC)OCCC)CCCCO. The third kappa shape index (κ3) is 21.2. The predicted molar refractivity (Wildman–Crippen MR) is 151 cm³/mol. The summed E-state index contributed by atoms with van der Waals surface area (Å²) in [5, 5.41) is 9.03. The molecule has 0 aromatic carbocycles. The molecular formula is C29H53NO3Si. The summed E-state index contributed by atoms with van der Waals surface area (Å²) in [5.41, 5.74) is 0. The zero-order valence-electron chi connectivity index (χ0n) is 22.6. The number of nitrogens with zero attached hydrogens (tertiary/aromatic N) is 1. The van der Waals surface area contributed by atoms with Crippen LogP contribution in [0.15, 0.2) is 61.5 Å². The summed E-state index contributed by atoms with van der Waals surface area (Å²) in [5.74, 6) is 0. The molecule has 0 amide bonds. The Hall–Kier alpha value is -1.40. The summed E-state index contributed by atoms with van der Waals surface area (Å²) in [6, 6.07) is 1.09. The van der Waals surface area contributed by atoms with Gasteiger partial charge in [-0.25, -0.2) is 0 Å². The minimum Gasteiger partial charge on any atom is -0.396 e. The van der Waals surface area contributed by atoms with Gasteiger partial charge in [0, 0.05) is 32.2 Å². The van der Waals surface area contributed by atoms with E-state index in [0.29, 0.717) is 0 Å². The fourth-order valence-electron chi connectivity index (χ4n) is 3.43. The molecule has 0 aliphatic carbocycles. The average molecular weight is 492 g/mol. The van der Waals surface area contributed by atoms with Crippen molar-refractivity contribution in [1.82, 2.24) is 4.90 Å². The Labute approximate surface area is 212 Å². The lowest BCUT2D eigenvalue weighted by Crippen LogP contribution is -2.36. The van der Waals surface area contributed by atoms with E-state index in [1.165, 1.54) is 32.1 Å². The van der Waals surface area contributed by atoms with Crippen molar-refractivity contribution in [2.75, 3.05) is 19.8 Å². The molecule has 0 bridgehead atoms. The lowest BCUT2D eigenvalue weighted by molar-refractivity contribution is -0.0913. The van der Waals surface area contributed by atoms with Gasteiger partial charge in [-0.3, -0.25) is 0 Å². The van der Waals surface area contributed by atoms with Crippen molar-refractivity contribution in [3.8, 4) is 0 Å². The number of ether oxygens (including phenoxy) is 1. The van der Waals surface area contributed by atoms with Gasteiger partial charge >= 0.3 is 0 Å². The van der Waals surface area contributed by atoms with Crippen LogP contribution in [-0.4, -0.2) is 44.4 Å². The second-order valence-corrected chi connectivity index (χ2v) is 13.6. The topological polar surface area (TPSA) is 41.9 Å². The monoisotopic (exact) mass is 491 g/mol. The van der Waals surface area contributed by atoms with Gasteiger partial charge in [0.1, 0.15) is 6.29 Å². The molecular weight excluding hydrogens is 438 g/mol. The molecule has 4 nitrogen and oxygen atoms in total. The van der Waals surface area contributed by atoms with Crippen LogP contribution in [0.5, 0.6) is 0 Å². The molecule has 1 atom stereocenters. The standard InChI is InChI=1S/C29H53NO3Si/c1-6-9-11-13-16-22-29(32-27-8-3)33-34(4,5)28-21-15-14-18-24-30(25-19-20-26-31)23-17-12-10-7-2/h7,10,12,14-15,17-18,23-24,29,31H,2,6,8-9,11,13,16,19-22,25-28H2,1,3-5H3. The highest BCUT2D eigenvalue weighted by Crippen LogP contribution is 2.20. The fourth-order valence-corrected chi connectivity index (χ4v) is 5.31. The van der Waals surface area contributed by atoms with E-state index < -0.39 is 8.32 Å². The summed E-state index contributed by atoms with van der Waals surface area (Å²) >= 11 is 0. The fraction of sp³-hybridized carbons (Fsp3) is 0.655. The van der Waals surface area contributed by atoms with E-state index in [4.69, 9.17) is 14.3 Å². The first-order valence-corrected chi connectivity index (χ1v) is 16.6. The molecule has 0 rings (SSSR count). The highest BCUT2D eigenvalue weighted by molar-refractivity contribution is 6.71. The van der Waals surface area contributed by atoms with E-state index in [9.17, 15) is 0 Å². The van der Waals surface area contributed by atoms with Gasteiger partial charge < -0.3 is 19.2 Å². The van der Waals surface area contributed by atoms with Crippen molar-refractivity contribution in [2.45, 2.75) is 103 Å². The number of unbranched alkanes of at least 4 members (excludes halogenated alkanes) is 5. The van der Waals surface area contributed by atoms with Crippen molar-refractivity contribution in [3.05, 3.63) is 61.5 Å². The molecule has 0 aromatic heterocycles. The first-order valence-electron chi connectivity index (χ1n) is 13.4. The Morgan fingerprint density at radius 3 is 2.29 bits per heavy atom. The average Bonchev–Trinajstić information content (AvgIpc) is 2.81. The smallest absolute Gasteiger partial charge is 0.190 e. The minimum absolute atomic E-state index is 0.0403. The maximum absolute atomic E-state index is 9.03. The second-order valence-electron chi connectivity index (χ2n) is 9.32. The second kappa shape index (κ2) is 23.3. The molecule has 0 saturated carbocycles. The van der Waals surface area contributed by atoms with E-state index in [1.54, 1.807) is 6.08 Å². The van der Waals surface area contributed by atoms with Crippen molar-refractivity contribution in [2.24, 2.45) is 0 Å². The lowest BCUT2D eigenvalue weighted by atomic mass is 10.1. The van der Waals surface area contributed by atoms with Crippen LogP contribution in [0.4, 0.5) is 0 Å². The van der Waals surface area contributed by atoms with E-state index >= 15 is 0 Å². The molecule has 1 unspecified atom stereocenters. The van der Waals surface area contributed by atoms with Crippen molar-refractivity contribution >= 4 is 8.32 Å². The Morgan fingerprint density at radius 1 is 0.882 bits per heavy atom. The molecule has 0 aliphatic heterocycles. The number of allylic oxidation sites excluding steroid dienone is 7. The molecule has 0 radical (unpaired) electrons. The summed E-state index contributed by atoms with van der Waals surface area (Å²) in [6.45, 7) is 14.6. The first kappa shape index (κ1) is 32.6. The Kier molecular flexibility index (Phi) is 22.4. The zero-order chi connectivity index (χ0) is 25.3. The highest BCUT2D eigenvalue weighted by Gasteiger charge is 2.26. The number of aliphatic hydroxyl groups excluding tert-OH is 1. The van der Waals surface area contributed by atoms with Gasteiger partial charge in [0.2, 0.25) is 0 Å². The summed E-state index contributed by atoms with van der Waals surface area (Å²) < 4.78 is 12.6. The molecule has 0 fully saturated rings. The zero-order valence-corrected chi connectivity index (χ0v) is 23.6. The van der Waals surface area contributed by atoms with Crippen molar-refractivity contribution < 1.29 is 14.3 Å². The molecule has 0 aliphatic rings. The van der Waals surface area contributed by atoms with Gasteiger partial charge in [-0.05, 0) is 69.8 Å². The summed E-state index contributed by atoms with van der Waals surface area (Å²) in [7, 11) is -1.78. The van der Waals surface area contributed by atoms with Crippen molar-refractivity contribution in [3.63, 3.8) is 0 Å². The molecule has 34 heavy (non-hydrogen) atoms. The van der Waals surface area contributed by atoms with Crippen LogP contribution in [-0.2, 0) is 9.16 Å². The lowest BCUT2D eigenvalue weighted by Gasteiger charge is -2.29. The molecule has 0 aromatic rings. The van der Waals surface area contributed by atoms with E-state index in [-0.39, 0.29) is 12.9 Å². The predicted octanol–water partition coefficient (Wildman–Crippen LogP) is 8.11. The van der Waals surface area contributed by atoms with E-state index in [1.807, 2.05) is 24.4 Å². The quantitative estimate of drug-likeness (QED) is 0.0678. The van der Waals surface area contributed by atoms with E-state index in [2.05, 4.69) is 62.8 Å². The maximum atomic E-state index is 9.03. The molecule has 1 N–H and O–H groups in total. The largest absolute Gasteiger partial charge is 0.396 e. The van der Waals surface area contributed by atoms with Crippen LogP contribution >= 0.6 is 0 Å². The number of hydrogen-bond acceptors (Lipinski definition) is 4. The number of rotatable bonds is 23. The summed E-state index contributed by atoms with van der Waals surface area (Å²) in [6.07, 6.45) is 29.4.